The van der Waals surface area contributed by atoms with Gasteiger partial charge in [-0.2, -0.15) is 5.10 Å². The Morgan fingerprint density at radius 2 is 2.04 bits per heavy atom. The van der Waals surface area contributed by atoms with E-state index in [0.29, 0.717) is 0 Å². The minimum Gasteiger partial charge on any atom is -0.330 e. The van der Waals surface area contributed by atoms with E-state index >= 15 is 0 Å². The summed E-state index contributed by atoms with van der Waals surface area (Å²) in [5.74, 6) is 0.727. The first-order valence-electron chi connectivity index (χ1n) is 8.85. The molecule has 1 fully saturated rings. The molecule has 0 aliphatic carbocycles. The molecule has 1 aliphatic rings. The van der Waals surface area contributed by atoms with Gasteiger partial charge < -0.3 is 5.73 Å². The van der Waals surface area contributed by atoms with Crippen LogP contribution in [0.4, 0.5) is 0 Å². The van der Waals surface area contributed by atoms with Crippen molar-refractivity contribution in [3.63, 3.8) is 0 Å². The Morgan fingerprint density at radius 1 is 1.29 bits per heavy atom. The van der Waals surface area contributed by atoms with E-state index < -0.39 is 0 Å². The van der Waals surface area contributed by atoms with Crippen molar-refractivity contribution in [1.82, 2.24) is 19.7 Å². The molecule has 0 spiro atoms. The van der Waals surface area contributed by atoms with Gasteiger partial charge in [0, 0.05) is 43.3 Å². The summed E-state index contributed by atoms with van der Waals surface area (Å²) in [7, 11) is 1.99. The van der Waals surface area contributed by atoms with Crippen LogP contribution in [0.3, 0.4) is 0 Å². The first kappa shape index (κ1) is 17.1. The minimum absolute atomic E-state index is 0.251. The lowest BCUT2D eigenvalue weighted by Crippen LogP contribution is -2.41. The van der Waals surface area contributed by atoms with E-state index in [4.69, 9.17) is 5.73 Å². The van der Waals surface area contributed by atoms with Crippen LogP contribution in [0.5, 0.6) is 0 Å². The molecule has 1 saturated heterocycles. The number of rotatable bonds is 5. The third kappa shape index (κ3) is 3.68. The summed E-state index contributed by atoms with van der Waals surface area (Å²) in [5, 5.41) is 4.65. The lowest BCUT2D eigenvalue weighted by Gasteiger charge is -2.40. The van der Waals surface area contributed by atoms with Crippen molar-refractivity contribution in [1.29, 1.82) is 0 Å². The second kappa shape index (κ2) is 7.03. The van der Waals surface area contributed by atoms with Gasteiger partial charge in [-0.05, 0) is 55.9 Å². The topological polar surface area (TPSA) is 60.0 Å². The molecular formula is C19H29N5. The quantitative estimate of drug-likeness (QED) is 0.917. The second-order valence-corrected chi connectivity index (χ2v) is 7.66. The molecular weight excluding hydrogens is 298 g/mol. The van der Waals surface area contributed by atoms with Gasteiger partial charge in [-0.25, -0.2) is 0 Å². The van der Waals surface area contributed by atoms with Crippen molar-refractivity contribution in [3.8, 4) is 11.3 Å². The third-order valence-corrected chi connectivity index (χ3v) is 5.45. The molecule has 5 heteroatoms. The lowest BCUT2D eigenvalue weighted by molar-refractivity contribution is 0.102. The highest BCUT2D eigenvalue weighted by Crippen LogP contribution is 2.34. The largest absolute Gasteiger partial charge is 0.330 e. The molecule has 0 atom stereocenters. The van der Waals surface area contributed by atoms with E-state index in [1.165, 1.54) is 18.4 Å². The zero-order chi connectivity index (χ0) is 17.2. The zero-order valence-corrected chi connectivity index (χ0v) is 15.1. The monoisotopic (exact) mass is 327 g/mol. The van der Waals surface area contributed by atoms with E-state index in [9.17, 15) is 0 Å². The molecule has 0 radical (unpaired) electrons. The maximum atomic E-state index is 5.95. The molecule has 24 heavy (non-hydrogen) atoms. The van der Waals surface area contributed by atoms with Crippen LogP contribution < -0.4 is 5.73 Å². The number of likely N-dealkylation sites (tertiary alicyclic amines) is 1. The SMILES string of the molecule is Cn1cc(CN2CCC(C(C)(C)CN)CC2)c(-c2cccnc2)n1. The fourth-order valence-electron chi connectivity index (χ4n) is 3.68. The van der Waals surface area contributed by atoms with Crippen LogP contribution in [0, 0.1) is 11.3 Å². The van der Waals surface area contributed by atoms with Crippen molar-refractivity contribution >= 4 is 0 Å². The predicted molar refractivity (Wildman–Crippen MR) is 97.3 cm³/mol. The smallest absolute Gasteiger partial charge is 0.0983 e. The van der Waals surface area contributed by atoms with Gasteiger partial charge in [0.2, 0.25) is 0 Å². The minimum atomic E-state index is 0.251. The summed E-state index contributed by atoms with van der Waals surface area (Å²) in [4.78, 5) is 6.77. The van der Waals surface area contributed by atoms with Crippen LogP contribution in [0.25, 0.3) is 11.3 Å². The average molecular weight is 327 g/mol. The van der Waals surface area contributed by atoms with Gasteiger partial charge in [0.15, 0.2) is 0 Å². The average Bonchev–Trinajstić information content (AvgIpc) is 2.96. The van der Waals surface area contributed by atoms with Gasteiger partial charge in [0.1, 0.15) is 0 Å². The maximum absolute atomic E-state index is 5.95. The third-order valence-electron chi connectivity index (χ3n) is 5.45. The van der Waals surface area contributed by atoms with E-state index in [1.807, 2.05) is 24.0 Å². The first-order chi connectivity index (χ1) is 11.5. The van der Waals surface area contributed by atoms with Crippen LogP contribution in [0.15, 0.2) is 30.7 Å². The Bertz CT molecular complexity index is 654. The molecule has 0 unspecified atom stereocenters. The summed E-state index contributed by atoms with van der Waals surface area (Å²) < 4.78 is 1.90. The van der Waals surface area contributed by atoms with Crippen molar-refractivity contribution in [2.24, 2.45) is 24.1 Å². The van der Waals surface area contributed by atoms with Crippen molar-refractivity contribution < 1.29 is 0 Å². The lowest BCUT2D eigenvalue weighted by atomic mass is 9.74. The van der Waals surface area contributed by atoms with Crippen molar-refractivity contribution in [2.75, 3.05) is 19.6 Å². The van der Waals surface area contributed by atoms with Crippen LogP contribution in [-0.4, -0.2) is 39.3 Å². The Hall–Kier alpha value is -1.72. The molecule has 3 rings (SSSR count). The van der Waals surface area contributed by atoms with E-state index in [1.54, 1.807) is 6.20 Å². The highest BCUT2D eigenvalue weighted by atomic mass is 15.3. The van der Waals surface area contributed by atoms with E-state index in [2.05, 4.69) is 41.1 Å². The van der Waals surface area contributed by atoms with Crippen LogP contribution in [-0.2, 0) is 13.6 Å². The molecule has 2 N–H and O–H groups in total. The summed E-state index contributed by atoms with van der Waals surface area (Å²) in [6.45, 7) is 8.59. The van der Waals surface area contributed by atoms with Gasteiger partial charge >= 0.3 is 0 Å². The molecule has 0 saturated carbocycles. The van der Waals surface area contributed by atoms with Crippen molar-refractivity contribution in [2.45, 2.75) is 33.2 Å². The van der Waals surface area contributed by atoms with Gasteiger partial charge in [-0.1, -0.05) is 13.8 Å². The number of aryl methyl sites for hydroxylation is 1. The van der Waals surface area contributed by atoms with Crippen LogP contribution in [0.1, 0.15) is 32.3 Å². The van der Waals surface area contributed by atoms with Crippen LogP contribution in [0.2, 0.25) is 0 Å². The molecule has 0 aromatic carbocycles. The Morgan fingerprint density at radius 3 is 2.67 bits per heavy atom. The number of nitrogens with zero attached hydrogens (tertiary/aromatic N) is 4. The fraction of sp³-hybridized carbons (Fsp3) is 0.579. The summed E-state index contributed by atoms with van der Waals surface area (Å²) >= 11 is 0. The molecule has 1 aliphatic heterocycles. The van der Waals surface area contributed by atoms with Gasteiger partial charge in [0.05, 0.1) is 5.69 Å². The second-order valence-electron chi connectivity index (χ2n) is 7.66. The van der Waals surface area contributed by atoms with E-state index in [-0.39, 0.29) is 5.41 Å². The number of hydrogen-bond acceptors (Lipinski definition) is 4. The molecule has 2 aromatic rings. The normalized spacial score (nSPS) is 17.3. The number of hydrogen-bond donors (Lipinski definition) is 1. The molecule has 0 amide bonds. The highest BCUT2D eigenvalue weighted by molar-refractivity contribution is 5.61. The van der Waals surface area contributed by atoms with Crippen molar-refractivity contribution in [3.05, 3.63) is 36.3 Å². The Balaban J connectivity index is 1.68. The number of pyridine rings is 1. The van der Waals surface area contributed by atoms with Gasteiger partial charge in [0.25, 0.3) is 0 Å². The number of piperidine rings is 1. The molecule has 2 aromatic heterocycles. The molecule has 3 heterocycles. The predicted octanol–water partition coefficient (Wildman–Crippen LogP) is 2.68. The van der Waals surface area contributed by atoms with Gasteiger partial charge in [-0.15, -0.1) is 0 Å². The molecule has 130 valence electrons. The van der Waals surface area contributed by atoms with E-state index in [0.717, 1.165) is 43.4 Å². The molecule has 5 nitrogen and oxygen atoms in total. The Kier molecular flexibility index (Phi) is 5.01. The van der Waals surface area contributed by atoms with Crippen LogP contribution >= 0.6 is 0 Å². The first-order valence-corrected chi connectivity index (χ1v) is 8.85. The summed E-state index contributed by atoms with van der Waals surface area (Å²) in [6, 6.07) is 4.04. The number of nitrogens with two attached hydrogens (primary N) is 1. The fourth-order valence-corrected chi connectivity index (χ4v) is 3.68. The standard InChI is InChI=1S/C19H29N5/c1-19(2,14-20)17-6-9-24(10-7-17)13-16-12-23(3)22-18(16)15-5-4-8-21-11-15/h4-5,8,11-12,17H,6-7,9-10,13-14,20H2,1-3H3. The maximum Gasteiger partial charge on any atom is 0.0983 e. The molecule has 0 bridgehead atoms. The van der Waals surface area contributed by atoms with Gasteiger partial charge in [-0.3, -0.25) is 14.6 Å². The highest BCUT2D eigenvalue weighted by Gasteiger charge is 2.31. The summed E-state index contributed by atoms with van der Waals surface area (Å²) in [6.07, 6.45) is 8.29. The Labute approximate surface area is 144 Å². The number of aromatic nitrogens is 3. The zero-order valence-electron chi connectivity index (χ0n) is 15.1. The summed E-state index contributed by atoms with van der Waals surface area (Å²) in [5.41, 5.74) is 9.62.